The van der Waals surface area contributed by atoms with Gasteiger partial charge in [0.1, 0.15) is 0 Å². The molecule has 4 heteroatoms. The van der Waals surface area contributed by atoms with Crippen molar-refractivity contribution >= 4 is 60.3 Å². The maximum absolute atomic E-state index is 3.62. The topological polar surface area (TPSA) is 6.48 Å². The lowest BCUT2D eigenvalue weighted by atomic mass is 10.1. The summed E-state index contributed by atoms with van der Waals surface area (Å²) in [4.78, 5) is 4.63. The number of rotatable bonds is 6. The molecule has 0 aliphatic heterocycles. The molecular weight excluding hydrogens is 584 g/mol. The number of allylic oxidation sites excluding steroid dienone is 5. The molecule has 0 N–H and O–H groups in total. The van der Waals surface area contributed by atoms with Crippen molar-refractivity contribution in [3.8, 4) is 0 Å². The van der Waals surface area contributed by atoms with Crippen LogP contribution in [-0.4, -0.2) is 0 Å². The molecule has 1 aliphatic rings. The number of aryl methyl sites for hydroxylation is 2. The van der Waals surface area contributed by atoms with Crippen molar-refractivity contribution in [3.63, 3.8) is 0 Å². The average molecular weight is 612 g/mol. The number of hydrogen-bond acceptors (Lipinski definition) is 2. The van der Waals surface area contributed by atoms with Crippen LogP contribution >= 0.6 is 31.9 Å². The van der Waals surface area contributed by atoms with Crippen LogP contribution < -0.4 is 9.80 Å². The molecule has 0 aromatic heterocycles. The molecule has 5 rings (SSSR count). The van der Waals surface area contributed by atoms with Crippen molar-refractivity contribution in [2.24, 2.45) is 0 Å². The minimum Gasteiger partial charge on any atom is -0.314 e. The Morgan fingerprint density at radius 3 is 1.41 bits per heavy atom. The molecule has 4 aromatic carbocycles. The quantitative estimate of drug-likeness (QED) is 0.214. The second-order valence-corrected chi connectivity index (χ2v) is 11.0. The normalized spacial score (nSPS) is 13.0. The third-order valence-corrected chi connectivity index (χ3v) is 7.42. The summed E-state index contributed by atoms with van der Waals surface area (Å²) in [5, 5.41) is 0. The maximum atomic E-state index is 3.62. The van der Waals surface area contributed by atoms with Crippen molar-refractivity contribution in [1.82, 2.24) is 0 Å². The predicted molar refractivity (Wildman–Crippen MR) is 166 cm³/mol. The molecule has 0 heterocycles. The highest BCUT2D eigenvalue weighted by atomic mass is 79.9. The van der Waals surface area contributed by atoms with Crippen LogP contribution in [0.1, 0.15) is 17.5 Å². The third-order valence-electron chi connectivity index (χ3n) is 6.36. The summed E-state index contributed by atoms with van der Waals surface area (Å²) in [6.45, 7) is 4.24. The van der Waals surface area contributed by atoms with E-state index in [9.17, 15) is 0 Å². The number of hydrogen-bond donors (Lipinski definition) is 0. The first-order valence-corrected chi connectivity index (χ1v) is 13.9. The van der Waals surface area contributed by atoms with Gasteiger partial charge in [-0.05, 0) is 98.8 Å². The summed E-state index contributed by atoms with van der Waals surface area (Å²) in [5.74, 6) is 0. The monoisotopic (exact) mass is 610 g/mol. The van der Waals surface area contributed by atoms with Crippen LogP contribution in [0.4, 0.5) is 28.4 Å². The van der Waals surface area contributed by atoms with Gasteiger partial charge in [-0.25, -0.2) is 0 Å². The van der Waals surface area contributed by atoms with Crippen molar-refractivity contribution < 1.29 is 0 Å². The standard InChI is InChI=1S/C33H28Br2N2/c1-24-6-13-29(14-7-24)36(28-5-3-4-26(34)10-17-28)32-20-22-33(23-21-32)37(30-15-8-25(2)9-16-30)31-18-11-27(35)12-19-31/h3-4,6-23H,5H2,1-2H3. The Morgan fingerprint density at radius 2 is 0.919 bits per heavy atom. The van der Waals surface area contributed by atoms with Crippen molar-refractivity contribution in [3.05, 3.63) is 147 Å². The highest BCUT2D eigenvalue weighted by Gasteiger charge is 2.17. The first-order valence-electron chi connectivity index (χ1n) is 12.3. The Labute approximate surface area is 236 Å². The summed E-state index contributed by atoms with van der Waals surface area (Å²) >= 11 is 7.19. The summed E-state index contributed by atoms with van der Waals surface area (Å²) in [6.07, 6.45) is 9.45. The molecule has 0 amide bonds. The third kappa shape index (κ3) is 5.98. The first-order chi connectivity index (χ1) is 18.0. The summed E-state index contributed by atoms with van der Waals surface area (Å²) in [7, 11) is 0. The van der Waals surface area contributed by atoms with Gasteiger partial charge in [-0.3, -0.25) is 0 Å². The van der Waals surface area contributed by atoms with Gasteiger partial charge < -0.3 is 9.80 Å². The number of nitrogens with zero attached hydrogens (tertiary/aromatic N) is 2. The van der Waals surface area contributed by atoms with Crippen molar-refractivity contribution in [2.45, 2.75) is 20.3 Å². The fourth-order valence-electron chi connectivity index (χ4n) is 4.41. The van der Waals surface area contributed by atoms with Gasteiger partial charge in [-0.1, -0.05) is 79.4 Å². The second-order valence-electron chi connectivity index (χ2n) is 9.15. The van der Waals surface area contributed by atoms with E-state index in [1.54, 1.807) is 0 Å². The van der Waals surface area contributed by atoms with Crippen LogP contribution in [0, 0.1) is 13.8 Å². The summed E-state index contributed by atoms with van der Waals surface area (Å²) in [6, 6.07) is 34.7. The van der Waals surface area contributed by atoms with Gasteiger partial charge in [-0.2, -0.15) is 0 Å². The molecule has 184 valence electrons. The minimum absolute atomic E-state index is 0.843. The predicted octanol–water partition coefficient (Wildman–Crippen LogP) is 10.8. The van der Waals surface area contributed by atoms with Gasteiger partial charge in [0.05, 0.1) is 0 Å². The molecule has 0 spiro atoms. The Bertz CT molecular complexity index is 1400. The van der Waals surface area contributed by atoms with Crippen molar-refractivity contribution in [1.29, 1.82) is 0 Å². The van der Waals surface area contributed by atoms with Gasteiger partial charge >= 0.3 is 0 Å². The van der Waals surface area contributed by atoms with E-state index < -0.39 is 0 Å². The summed E-state index contributed by atoms with van der Waals surface area (Å²) in [5.41, 5.74) is 9.33. The van der Waals surface area contributed by atoms with E-state index in [1.165, 1.54) is 16.8 Å². The molecule has 0 bridgehead atoms. The smallest absolute Gasteiger partial charge is 0.0463 e. The molecular formula is C33H28Br2N2. The molecule has 0 atom stereocenters. The Balaban J connectivity index is 1.57. The zero-order valence-corrected chi connectivity index (χ0v) is 24.1. The van der Waals surface area contributed by atoms with Gasteiger partial charge in [0.2, 0.25) is 0 Å². The lowest BCUT2D eigenvalue weighted by molar-refractivity contribution is 1.08. The van der Waals surface area contributed by atoms with E-state index in [-0.39, 0.29) is 0 Å². The van der Waals surface area contributed by atoms with Crippen LogP contribution in [-0.2, 0) is 0 Å². The Kier molecular flexibility index (Phi) is 7.78. The lowest BCUT2D eigenvalue weighted by Gasteiger charge is -2.29. The maximum Gasteiger partial charge on any atom is 0.0463 e. The van der Waals surface area contributed by atoms with E-state index in [2.05, 4.69) is 177 Å². The number of anilines is 5. The molecule has 4 aromatic rings. The van der Waals surface area contributed by atoms with Gasteiger partial charge in [0, 0.05) is 49.5 Å². The zero-order chi connectivity index (χ0) is 25.8. The average Bonchev–Trinajstić information content (AvgIpc) is 3.13. The number of benzene rings is 4. The fourth-order valence-corrected chi connectivity index (χ4v) is 5.00. The zero-order valence-electron chi connectivity index (χ0n) is 20.9. The van der Waals surface area contributed by atoms with Crippen LogP contribution in [0.5, 0.6) is 0 Å². The van der Waals surface area contributed by atoms with E-state index in [1.807, 2.05) is 0 Å². The van der Waals surface area contributed by atoms with Crippen LogP contribution in [0.2, 0.25) is 0 Å². The van der Waals surface area contributed by atoms with Crippen LogP contribution in [0.15, 0.2) is 136 Å². The number of halogens is 2. The molecule has 2 nitrogen and oxygen atoms in total. The summed E-state index contributed by atoms with van der Waals surface area (Å²) < 4.78 is 2.14. The largest absolute Gasteiger partial charge is 0.314 e. The van der Waals surface area contributed by atoms with Gasteiger partial charge in [-0.15, -0.1) is 0 Å². The van der Waals surface area contributed by atoms with E-state index in [0.29, 0.717) is 0 Å². The highest BCUT2D eigenvalue weighted by molar-refractivity contribution is 9.12. The van der Waals surface area contributed by atoms with E-state index in [4.69, 9.17) is 0 Å². The highest BCUT2D eigenvalue weighted by Crippen LogP contribution is 2.38. The first kappa shape index (κ1) is 25.3. The molecule has 0 saturated carbocycles. The van der Waals surface area contributed by atoms with Crippen LogP contribution in [0.3, 0.4) is 0 Å². The molecule has 0 saturated heterocycles. The molecule has 0 unspecified atom stereocenters. The minimum atomic E-state index is 0.843. The molecule has 37 heavy (non-hydrogen) atoms. The second kappa shape index (κ2) is 11.4. The van der Waals surface area contributed by atoms with Crippen molar-refractivity contribution in [2.75, 3.05) is 9.80 Å². The Morgan fingerprint density at radius 1 is 0.514 bits per heavy atom. The fraction of sp³-hybridized carbons (Fsp3) is 0.0909. The van der Waals surface area contributed by atoms with Crippen LogP contribution in [0.25, 0.3) is 0 Å². The molecule has 1 aliphatic carbocycles. The van der Waals surface area contributed by atoms with Gasteiger partial charge in [0.25, 0.3) is 0 Å². The van der Waals surface area contributed by atoms with E-state index >= 15 is 0 Å². The Hall–Kier alpha value is -3.34. The SMILES string of the molecule is Cc1ccc(N(C2=CC=C(Br)C=CC2)c2ccc(N(c3ccc(C)cc3)c3ccc(Br)cc3)cc2)cc1. The van der Waals surface area contributed by atoms with Gasteiger partial charge in [0.15, 0.2) is 0 Å². The molecule has 0 radical (unpaired) electrons. The lowest BCUT2D eigenvalue weighted by Crippen LogP contribution is -2.16. The molecule has 0 fully saturated rings. The van der Waals surface area contributed by atoms with E-state index in [0.717, 1.165) is 43.8 Å².